The van der Waals surface area contributed by atoms with Crippen molar-refractivity contribution in [1.29, 1.82) is 0 Å². The average molecular weight is 269 g/mol. The lowest BCUT2D eigenvalue weighted by Crippen LogP contribution is -2.36. The number of anilines is 1. The van der Waals surface area contributed by atoms with Crippen LogP contribution in [0, 0.1) is 0 Å². The highest BCUT2D eigenvalue weighted by atomic mass is 16.6. The van der Waals surface area contributed by atoms with Crippen molar-refractivity contribution in [3.63, 3.8) is 0 Å². The number of rotatable bonds is 3. The van der Waals surface area contributed by atoms with Crippen LogP contribution < -0.4 is 10.6 Å². The van der Waals surface area contributed by atoms with E-state index in [0.717, 1.165) is 17.7 Å². The van der Waals surface area contributed by atoms with E-state index in [-0.39, 0.29) is 0 Å². The lowest BCUT2D eigenvalue weighted by atomic mass is 10.1. The van der Waals surface area contributed by atoms with Crippen molar-refractivity contribution in [2.75, 3.05) is 24.6 Å². The molecule has 2 aliphatic rings. The molecule has 0 saturated carbocycles. The quantitative estimate of drug-likeness (QED) is 0.528. The molecule has 2 aliphatic heterocycles. The van der Waals surface area contributed by atoms with E-state index in [1.54, 1.807) is 6.07 Å². The summed E-state index contributed by atoms with van der Waals surface area (Å²) >= 11 is 0. The number of hydrogen-bond acceptors (Lipinski definition) is 7. The zero-order valence-electron chi connectivity index (χ0n) is 10.1. The van der Waals surface area contributed by atoms with Crippen LogP contribution in [0.15, 0.2) is 17.1 Å². The first-order valence-corrected chi connectivity index (χ1v) is 6.08. The van der Waals surface area contributed by atoms with Gasteiger partial charge in [-0.1, -0.05) is 0 Å². The van der Waals surface area contributed by atoms with Crippen LogP contribution in [0.2, 0.25) is 0 Å². The van der Waals surface area contributed by atoms with Gasteiger partial charge in [0, 0.05) is 19.3 Å². The standard InChI is InChI=1S/C11H15N3O5/c15-5-6-8(16)9(17)10(19-6)14-2-1-7(12-11(14)18)13-3-4-13/h1-2,6,8-10,15-17H,3-5H2/t6-,8-,9-,10-/m1/s1. The first-order chi connectivity index (χ1) is 9.11. The van der Waals surface area contributed by atoms with E-state index in [4.69, 9.17) is 9.84 Å². The molecule has 0 unspecified atom stereocenters. The van der Waals surface area contributed by atoms with E-state index in [1.807, 2.05) is 4.90 Å². The van der Waals surface area contributed by atoms with E-state index >= 15 is 0 Å². The Morgan fingerprint density at radius 2 is 2.11 bits per heavy atom. The zero-order valence-corrected chi connectivity index (χ0v) is 10.1. The molecule has 19 heavy (non-hydrogen) atoms. The Morgan fingerprint density at radius 3 is 2.63 bits per heavy atom. The van der Waals surface area contributed by atoms with Crippen LogP contribution in [0.3, 0.4) is 0 Å². The molecule has 1 aromatic heterocycles. The fraction of sp³-hybridized carbons (Fsp3) is 0.636. The largest absolute Gasteiger partial charge is 0.394 e. The second-order valence-electron chi connectivity index (χ2n) is 4.69. The highest BCUT2D eigenvalue weighted by molar-refractivity contribution is 5.42. The normalized spacial score (nSPS) is 33.7. The third kappa shape index (κ3) is 2.12. The molecule has 8 nitrogen and oxygen atoms in total. The van der Waals surface area contributed by atoms with Gasteiger partial charge in [0.05, 0.1) is 6.61 Å². The molecule has 0 amide bonds. The van der Waals surface area contributed by atoms with E-state index in [9.17, 15) is 15.0 Å². The van der Waals surface area contributed by atoms with Gasteiger partial charge in [0.1, 0.15) is 24.1 Å². The summed E-state index contributed by atoms with van der Waals surface area (Å²) in [5, 5.41) is 28.5. The molecular weight excluding hydrogens is 254 g/mol. The van der Waals surface area contributed by atoms with Crippen molar-refractivity contribution < 1.29 is 20.1 Å². The van der Waals surface area contributed by atoms with Crippen LogP contribution in [0.1, 0.15) is 6.23 Å². The SMILES string of the molecule is O=c1nc(N2CC2)ccn1[C@@H]1O[C@H](CO)[C@@H](O)[C@H]1O. The maximum absolute atomic E-state index is 11.9. The lowest BCUT2D eigenvalue weighted by molar-refractivity contribution is -0.0549. The fourth-order valence-corrected chi connectivity index (χ4v) is 2.16. The van der Waals surface area contributed by atoms with Gasteiger partial charge in [-0.15, -0.1) is 0 Å². The molecule has 0 aliphatic carbocycles. The van der Waals surface area contributed by atoms with Gasteiger partial charge in [-0.05, 0) is 6.07 Å². The molecule has 3 N–H and O–H groups in total. The lowest BCUT2D eigenvalue weighted by Gasteiger charge is -2.17. The molecular formula is C11H15N3O5. The Bertz CT molecular complexity index is 529. The molecule has 104 valence electrons. The molecule has 3 heterocycles. The van der Waals surface area contributed by atoms with Gasteiger partial charge >= 0.3 is 5.69 Å². The predicted molar refractivity (Wildman–Crippen MR) is 63.7 cm³/mol. The summed E-state index contributed by atoms with van der Waals surface area (Å²) < 4.78 is 6.40. The molecule has 3 rings (SSSR count). The number of nitrogens with zero attached hydrogens (tertiary/aromatic N) is 3. The maximum atomic E-state index is 11.9. The number of aromatic nitrogens is 2. The summed E-state index contributed by atoms with van der Waals surface area (Å²) in [6.45, 7) is 1.33. The van der Waals surface area contributed by atoms with Gasteiger partial charge in [0.2, 0.25) is 0 Å². The summed E-state index contributed by atoms with van der Waals surface area (Å²) in [5.74, 6) is 0.591. The average Bonchev–Trinajstić information content (AvgIpc) is 3.20. The minimum atomic E-state index is -1.27. The van der Waals surface area contributed by atoms with Crippen LogP contribution in [-0.4, -0.2) is 62.9 Å². The van der Waals surface area contributed by atoms with Gasteiger partial charge < -0.3 is 25.0 Å². The smallest absolute Gasteiger partial charge is 0.351 e. The Balaban J connectivity index is 1.88. The van der Waals surface area contributed by atoms with Gasteiger partial charge in [-0.2, -0.15) is 4.98 Å². The van der Waals surface area contributed by atoms with Crippen LogP contribution in [0.5, 0.6) is 0 Å². The maximum Gasteiger partial charge on any atom is 0.351 e. The molecule has 0 radical (unpaired) electrons. The van der Waals surface area contributed by atoms with Crippen LogP contribution in [0.4, 0.5) is 5.82 Å². The highest BCUT2D eigenvalue weighted by Crippen LogP contribution is 2.28. The number of hydrogen-bond donors (Lipinski definition) is 3. The van der Waals surface area contributed by atoms with Crippen LogP contribution in [-0.2, 0) is 4.74 Å². The first kappa shape index (κ1) is 12.5. The predicted octanol–water partition coefficient (Wildman–Crippen LogP) is -2.33. The molecule has 1 aromatic rings. The number of aliphatic hydroxyl groups excluding tert-OH is 3. The highest BCUT2D eigenvalue weighted by Gasteiger charge is 2.43. The van der Waals surface area contributed by atoms with Crippen LogP contribution in [0.25, 0.3) is 0 Å². The third-order valence-electron chi connectivity index (χ3n) is 3.38. The van der Waals surface area contributed by atoms with Crippen molar-refractivity contribution in [1.82, 2.24) is 9.55 Å². The summed E-state index contributed by atoms with van der Waals surface area (Å²) in [6.07, 6.45) is -2.96. The molecule has 0 aromatic carbocycles. The Labute approximate surface area is 108 Å². The number of aliphatic hydroxyl groups is 3. The Morgan fingerprint density at radius 1 is 1.37 bits per heavy atom. The van der Waals surface area contributed by atoms with Gasteiger partial charge in [-0.3, -0.25) is 4.57 Å². The van der Waals surface area contributed by atoms with E-state index in [2.05, 4.69) is 4.98 Å². The molecule has 4 atom stereocenters. The molecule has 0 spiro atoms. The molecule has 2 fully saturated rings. The monoisotopic (exact) mass is 269 g/mol. The Kier molecular flexibility index (Phi) is 3.02. The van der Waals surface area contributed by atoms with Crippen molar-refractivity contribution in [3.05, 3.63) is 22.7 Å². The van der Waals surface area contributed by atoms with Crippen LogP contribution >= 0.6 is 0 Å². The second-order valence-corrected chi connectivity index (χ2v) is 4.69. The summed E-state index contributed by atoms with van der Waals surface area (Å²) in [4.78, 5) is 17.7. The second kappa shape index (κ2) is 4.57. The van der Waals surface area contributed by atoms with E-state index < -0.39 is 36.8 Å². The van der Waals surface area contributed by atoms with Crippen molar-refractivity contribution in [2.45, 2.75) is 24.5 Å². The minimum Gasteiger partial charge on any atom is -0.394 e. The molecule has 2 saturated heterocycles. The van der Waals surface area contributed by atoms with Crippen molar-refractivity contribution in [3.8, 4) is 0 Å². The topological polar surface area (TPSA) is 108 Å². The summed E-state index contributed by atoms with van der Waals surface area (Å²) in [6, 6.07) is 1.66. The summed E-state index contributed by atoms with van der Waals surface area (Å²) in [5.41, 5.74) is -0.556. The van der Waals surface area contributed by atoms with E-state index in [0.29, 0.717) is 5.82 Å². The van der Waals surface area contributed by atoms with E-state index in [1.165, 1.54) is 6.20 Å². The van der Waals surface area contributed by atoms with Gasteiger partial charge in [0.25, 0.3) is 0 Å². The van der Waals surface area contributed by atoms with Gasteiger partial charge in [-0.25, -0.2) is 4.79 Å². The Hall–Kier alpha value is -1.48. The van der Waals surface area contributed by atoms with Crippen molar-refractivity contribution >= 4 is 5.82 Å². The van der Waals surface area contributed by atoms with Gasteiger partial charge in [0.15, 0.2) is 6.23 Å². The third-order valence-corrected chi connectivity index (χ3v) is 3.38. The van der Waals surface area contributed by atoms with Crippen molar-refractivity contribution in [2.24, 2.45) is 0 Å². The zero-order chi connectivity index (χ0) is 13.6. The molecule has 8 heteroatoms. The minimum absolute atomic E-state index is 0.428. The summed E-state index contributed by atoms with van der Waals surface area (Å²) in [7, 11) is 0. The molecule has 0 bridgehead atoms. The number of ether oxygens (including phenoxy) is 1. The fourth-order valence-electron chi connectivity index (χ4n) is 2.16. The first-order valence-electron chi connectivity index (χ1n) is 6.08.